The summed E-state index contributed by atoms with van der Waals surface area (Å²) in [6, 6.07) is 6.87. The Morgan fingerprint density at radius 2 is 2.00 bits per heavy atom. The van der Waals surface area contributed by atoms with E-state index in [0.29, 0.717) is 16.7 Å². The summed E-state index contributed by atoms with van der Waals surface area (Å²) in [5.41, 5.74) is 0.645. The zero-order valence-electron chi connectivity index (χ0n) is 12.6. The third kappa shape index (κ3) is 3.24. The van der Waals surface area contributed by atoms with Crippen LogP contribution in [0.2, 0.25) is 0 Å². The van der Waals surface area contributed by atoms with Crippen molar-refractivity contribution in [1.82, 2.24) is 0 Å². The van der Waals surface area contributed by atoms with Crippen molar-refractivity contribution in [2.45, 2.75) is 27.7 Å². The van der Waals surface area contributed by atoms with Gasteiger partial charge < -0.3 is 14.5 Å². The molecule has 0 atom stereocenters. The Labute approximate surface area is 123 Å². The van der Waals surface area contributed by atoms with Crippen molar-refractivity contribution < 1.29 is 18.7 Å². The molecular formula is C16H19NO4. The molecule has 5 heteroatoms. The minimum Gasteiger partial charge on any atom is -0.460 e. The van der Waals surface area contributed by atoms with Crippen LogP contribution in [0.5, 0.6) is 0 Å². The van der Waals surface area contributed by atoms with E-state index in [1.165, 1.54) is 0 Å². The smallest absolute Gasteiger partial charge is 0.374 e. The summed E-state index contributed by atoms with van der Waals surface area (Å²) in [5.74, 6) is -0.486. The Kier molecular flexibility index (Phi) is 4.02. The summed E-state index contributed by atoms with van der Waals surface area (Å²) in [6.45, 7) is 7.52. The average molecular weight is 289 g/mol. The lowest BCUT2D eigenvalue weighted by Crippen LogP contribution is -2.27. The Morgan fingerprint density at radius 1 is 1.29 bits per heavy atom. The molecule has 0 aliphatic carbocycles. The number of hydrogen-bond donors (Lipinski definition) is 1. The van der Waals surface area contributed by atoms with E-state index >= 15 is 0 Å². The van der Waals surface area contributed by atoms with Gasteiger partial charge in [0.1, 0.15) is 5.58 Å². The van der Waals surface area contributed by atoms with Crippen LogP contribution in [0.3, 0.4) is 0 Å². The molecule has 0 fully saturated rings. The fraction of sp³-hybridized carbons (Fsp3) is 0.375. The largest absolute Gasteiger partial charge is 0.460 e. The van der Waals surface area contributed by atoms with Crippen molar-refractivity contribution >= 4 is 28.5 Å². The maximum atomic E-state index is 12.1. The van der Waals surface area contributed by atoms with E-state index in [4.69, 9.17) is 9.15 Å². The Bertz CT molecular complexity index is 679. The first-order chi connectivity index (χ1) is 9.82. The number of furan rings is 1. The van der Waals surface area contributed by atoms with Crippen LogP contribution < -0.4 is 5.32 Å². The van der Waals surface area contributed by atoms with Gasteiger partial charge in [0.15, 0.2) is 0 Å². The Balaban J connectivity index is 2.37. The SMILES string of the molecule is CCOC(=O)c1cc2c(NC(=O)C(C)(C)C)cccc2o1. The van der Waals surface area contributed by atoms with Crippen molar-refractivity contribution in [2.75, 3.05) is 11.9 Å². The predicted molar refractivity (Wildman–Crippen MR) is 80.3 cm³/mol. The number of carbonyl (C=O) groups excluding carboxylic acids is 2. The van der Waals surface area contributed by atoms with Crippen LogP contribution in [-0.2, 0) is 9.53 Å². The number of rotatable bonds is 3. The molecule has 0 aliphatic rings. The fourth-order valence-electron chi connectivity index (χ4n) is 1.78. The molecule has 1 N–H and O–H groups in total. The second-order valence-corrected chi connectivity index (χ2v) is 5.75. The monoisotopic (exact) mass is 289 g/mol. The molecule has 112 valence electrons. The molecule has 0 unspecified atom stereocenters. The van der Waals surface area contributed by atoms with Gasteiger partial charge in [-0.15, -0.1) is 0 Å². The van der Waals surface area contributed by atoms with Crippen molar-refractivity contribution in [3.05, 3.63) is 30.0 Å². The van der Waals surface area contributed by atoms with Crippen LogP contribution in [0, 0.1) is 5.41 Å². The molecule has 0 aliphatic heterocycles. The van der Waals surface area contributed by atoms with Crippen LogP contribution in [-0.4, -0.2) is 18.5 Å². The predicted octanol–water partition coefficient (Wildman–Crippen LogP) is 3.59. The average Bonchev–Trinajstić information content (AvgIpc) is 2.83. The van der Waals surface area contributed by atoms with Crippen LogP contribution in [0.1, 0.15) is 38.2 Å². The quantitative estimate of drug-likeness (QED) is 0.877. The third-order valence-corrected chi connectivity index (χ3v) is 2.97. The summed E-state index contributed by atoms with van der Waals surface area (Å²) in [6.07, 6.45) is 0. The fourth-order valence-corrected chi connectivity index (χ4v) is 1.78. The van der Waals surface area contributed by atoms with E-state index in [0.717, 1.165) is 0 Å². The van der Waals surface area contributed by atoms with Crippen molar-refractivity contribution in [2.24, 2.45) is 5.41 Å². The van der Waals surface area contributed by atoms with Gasteiger partial charge in [0.25, 0.3) is 0 Å². The molecule has 5 nitrogen and oxygen atoms in total. The van der Waals surface area contributed by atoms with Gasteiger partial charge in [-0.05, 0) is 19.1 Å². The molecule has 1 aromatic carbocycles. The normalized spacial score (nSPS) is 11.4. The second-order valence-electron chi connectivity index (χ2n) is 5.75. The maximum Gasteiger partial charge on any atom is 0.374 e. The number of amides is 1. The number of hydrogen-bond acceptors (Lipinski definition) is 4. The van der Waals surface area contributed by atoms with E-state index in [9.17, 15) is 9.59 Å². The summed E-state index contributed by atoms with van der Waals surface area (Å²) < 4.78 is 10.4. The molecule has 21 heavy (non-hydrogen) atoms. The lowest BCUT2D eigenvalue weighted by atomic mass is 9.95. The first-order valence-electron chi connectivity index (χ1n) is 6.84. The van der Waals surface area contributed by atoms with Crippen molar-refractivity contribution in [1.29, 1.82) is 0 Å². The van der Waals surface area contributed by atoms with E-state index in [1.54, 1.807) is 31.2 Å². The first-order valence-corrected chi connectivity index (χ1v) is 6.84. The number of fused-ring (bicyclic) bond motifs is 1. The minimum atomic E-state index is -0.512. The van der Waals surface area contributed by atoms with Crippen LogP contribution in [0.15, 0.2) is 28.7 Å². The van der Waals surface area contributed by atoms with Gasteiger partial charge in [-0.1, -0.05) is 26.8 Å². The Hall–Kier alpha value is -2.30. The van der Waals surface area contributed by atoms with Crippen LogP contribution >= 0.6 is 0 Å². The number of anilines is 1. The lowest BCUT2D eigenvalue weighted by Gasteiger charge is -2.17. The van der Waals surface area contributed by atoms with Gasteiger partial charge in [-0.25, -0.2) is 4.79 Å². The highest BCUT2D eigenvalue weighted by atomic mass is 16.5. The van der Waals surface area contributed by atoms with Crippen LogP contribution in [0.25, 0.3) is 11.0 Å². The summed E-state index contributed by atoms with van der Waals surface area (Å²) >= 11 is 0. The number of carbonyl (C=O) groups is 2. The molecule has 0 radical (unpaired) electrons. The highest BCUT2D eigenvalue weighted by Gasteiger charge is 2.22. The standard InChI is InChI=1S/C16H19NO4/c1-5-20-14(18)13-9-10-11(7-6-8-12(10)21-13)17-15(19)16(2,3)4/h6-9H,5H2,1-4H3,(H,17,19). The molecule has 0 saturated heterocycles. The Morgan fingerprint density at radius 3 is 2.62 bits per heavy atom. The topological polar surface area (TPSA) is 68.5 Å². The number of ether oxygens (including phenoxy) is 1. The van der Waals surface area contributed by atoms with E-state index in [1.807, 2.05) is 20.8 Å². The summed E-state index contributed by atoms with van der Waals surface area (Å²) in [7, 11) is 0. The van der Waals surface area contributed by atoms with Crippen molar-refractivity contribution in [3.8, 4) is 0 Å². The van der Waals surface area contributed by atoms with E-state index in [-0.39, 0.29) is 18.3 Å². The molecule has 1 aromatic heterocycles. The first kappa shape index (κ1) is 15.1. The highest BCUT2D eigenvalue weighted by molar-refractivity contribution is 6.04. The molecule has 2 rings (SSSR count). The summed E-state index contributed by atoms with van der Waals surface area (Å²) in [4.78, 5) is 23.8. The number of esters is 1. The molecule has 0 spiro atoms. The molecule has 1 heterocycles. The number of benzene rings is 1. The molecule has 0 saturated carbocycles. The van der Waals surface area contributed by atoms with Gasteiger partial charge in [0.2, 0.25) is 11.7 Å². The van der Waals surface area contributed by atoms with Gasteiger partial charge in [-0.2, -0.15) is 0 Å². The van der Waals surface area contributed by atoms with E-state index in [2.05, 4.69) is 5.32 Å². The number of nitrogens with one attached hydrogen (secondary N) is 1. The van der Waals surface area contributed by atoms with Gasteiger partial charge in [0.05, 0.1) is 12.3 Å². The molecular weight excluding hydrogens is 270 g/mol. The van der Waals surface area contributed by atoms with E-state index < -0.39 is 11.4 Å². The molecule has 0 bridgehead atoms. The third-order valence-electron chi connectivity index (χ3n) is 2.97. The highest BCUT2D eigenvalue weighted by Crippen LogP contribution is 2.28. The maximum absolute atomic E-state index is 12.1. The molecule has 1 amide bonds. The zero-order valence-corrected chi connectivity index (χ0v) is 12.6. The van der Waals surface area contributed by atoms with Crippen LogP contribution in [0.4, 0.5) is 5.69 Å². The van der Waals surface area contributed by atoms with Crippen molar-refractivity contribution in [3.63, 3.8) is 0 Å². The van der Waals surface area contributed by atoms with Gasteiger partial charge in [-0.3, -0.25) is 4.79 Å². The zero-order chi connectivity index (χ0) is 15.6. The second kappa shape index (κ2) is 5.60. The van der Waals surface area contributed by atoms with Gasteiger partial charge in [0, 0.05) is 16.9 Å². The summed E-state index contributed by atoms with van der Waals surface area (Å²) in [5, 5.41) is 3.54. The molecule has 2 aromatic rings. The minimum absolute atomic E-state index is 0.103. The lowest BCUT2D eigenvalue weighted by molar-refractivity contribution is -0.123. The van der Waals surface area contributed by atoms with Gasteiger partial charge >= 0.3 is 5.97 Å².